The monoisotopic (exact) mass is 753 g/mol. The first kappa shape index (κ1) is 33.7. The van der Waals surface area contributed by atoms with Crippen molar-refractivity contribution in [1.29, 1.82) is 0 Å². The summed E-state index contributed by atoms with van der Waals surface area (Å²) in [5, 5.41) is 9.63. The third-order valence-electron chi connectivity index (χ3n) is 12.9. The molecule has 12 rings (SSSR count). The zero-order valence-electron chi connectivity index (χ0n) is 32.9. The molecule has 2 nitrogen and oxygen atoms in total. The van der Waals surface area contributed by atoms with E-state index >= 15 is 0 Å². The van der Waals surface area contributed by atoms with Crippen LogP contribution in [0.3, 0.4) is 0 Å². The van der Waals surface area contributed by atoms with Crippen molar-refractivity contribution in [3.05, 3.63) is 211 Å². The van der Waals surface area contributed by atoms with E-state index in [0.717, 1.165) is 55.5 Å². The molecule has 0 saturated heterocycles. The first-order valence-corrected chi connectivity index (χ1v) is 20.5. The molecule has 2 heteroatoms. The molecule has 0 N–H and O–H groups in total. The number of para-hydroxylation sites is 2. The van der Waals surface area contributed by atoms with E-state index in [9.17, 15) is 0 Å². The van der Waals surface area contributed by atoms with Gasteiger partial charge in [0.05, 0.1) is 5.69 Å². The third-order valence-corrected chi connectivity index (χ3v) is 12.9. The molecule has 0 bridgehead atoms. The molecule has 0 aliphatic heterocycles. The lowest BCUT2D eigenvalue weighted by Gasteiger charge is -2.30. The molecule has 0 amide bonds. The highest BCUT2D eigenvalue weighted by molar-refractivity contribution is 6.18. The Morgan fingerprint density at radius 2 is 0.932 bits per heavy atom. The van der Waals surface area contributed by atoms with Crippen molar-refractivity contribution in [1.82, 2.24) is 0 Å². The smallest absolute Gasteiger partial charge is 0.143 e. The van der Waals surface area contributed by atoms with Crippen molar-refractivity contribution in [2.24, 2.45) is 0 Å². The zero-order chi connectivity index (χ0) is 39.2. The highest BCUT2D eigenvalue weighted by atomic mass is 16.3. The van der Waals surface area contributed by atoms with Crippen molar-refractivity contribution in [3.63, 3.8) is 0 Å². The number of rotatable bonds is 5. The fourth-order valence-electron chi connectivity index (χ4n) is 9.89. The Hall–Kier alpha value is -7.42. The highest BCUT2D eigenvalue weighted by Gasteiger charge is 2.36. The van der Waals surface area contributed by atoms with Gasteiger partial charge in [-0.15, -0.1) is 0 Å². The van der Waals surface area contributed by atoms with Crippen molar-refractivity contribution in [3.8, 4) is 33.4 Å². The van der Waals surface area contributed by atoms with E-state index in [2.05, 4.69) is 219 Å². The van der Waals surface area contributed by atoms with Gasteiger partial charge in [0.2, 0.25) is 0 Å². The molecule has 0 radical (unpaired) electrons. The van der Waals surface area contributed by atoms with Gasteiger partial charge in [0.15, 0.2) is 0 Å². The summed E-state index contributed by atoms with van der Waals surface area (Å²) in [7, 11) is 0. The minimum absolute atomic E-state index is 0.138. The fraction of sp³-hybridized carbons (Fsp3) is 0.0526. The summed E-state index contributed by atoms with van der Waals surface area (Å²) < 4.78 is 6.92. The van der Waals surface area contributed by atoms with Crippen LogP contribution in [0.5, 0.6) is 0 Å². The number of furan rings is 1. The minimum Gasteiger partial charge on any atom is -0.455 e. The SMILES string of the molecule is CC1(C)c2ccccc2-c2ccc(N(c3ccc(-c4ccc5c(ccc6ccccc65)c4)cc3)c3ccccc3-c3cccc4c3oc3c5ccccc5ccc43)cc21. The van der Waals surface area contributed by atoms with Crippen LogP contribution in [0.15, 0.2) is 205 Å². The maximum Gasteiger partial charge on any atom is 0.143 e. The maximum atomic E-state index is 6.92. The van der Waals surface area contributed by atoms with Gasteiger partial charge in [0.25, 0.3) is 0 Å². The van der Waals surface area contributed by atoms with Crippen LogP contribution in [0.4, 0.5) is 17.1 Å². The van der Waals surface area contributed by atoms with Gasteiger partial charge in [-0.25, -0.2) is 0 Å². The van der Waals surface area contributed by atoms with Gasteiger partial charge in [-0.05, 0) is 103 Å². The van der Waals surface area contributed by atoms with Crippen LogP contribution in [-0.4, -0.2) is 0 Å². The molecule has 0 unspecified atom stereocenters. The standard InChI is InChI=1S/C57H39NO/c1-57(2)52-20-9-7-16-46(52)47-33-30-42(35-53(47)57)58(41-28-24-36(25-29-41)39-27-31-44-40(34-39)23-22-37-12-3-5-14-43(37)44)54-21-10-8-17-48(54)49-18-11-19-50-51-32-26-38-13-4-6-15-45(38)55(51)59-56(49)50/h3-35H,1-2H3. The van der Waals surface area contributed by atoms with Gasteiger partial charge in [-0.1, -0.05) is 172 Å². The van der Waals surface area contributed by atoms with Crippen LogP contribution in [0, 0.1) is 0 Å². The zero-order valence-corrected chi connectivity index (χ0v) is 32.9. The van der Waals surface area contributed by atoms with Gasteiger partial charge in [-0.2, -0.15) is 0 Å². The predicted molar refractivity (Wildman–Crippen MR) is 249 cm³/mol. The van der Waals surface area contributed by atoms with Crippen LogP contribution in [0.2, 0.25) is 0 Å². The van der Waals surface area contributed by atoms with Gasteiger partial charge in [-0.3, -0.25) is 0 Å². The lowest BCUT2D eigenvalue weighted by atomic mass is 9.82. The van der Waals surface area contributed by atoms with E-state index in [0.29, 0.717) is 0 Å². The summed E-state index contributed by atoms with van der Waals surface area (Å²) in [5.74, 6) is 0. The van der Waals surface area contributed by atoms with Gasteiger partial charge in [0.1, 0.15) is 11.2 Å². The number of benzene rings is 10. The Balaban J connectivity index is 1.04. The lowest BCUT2D eigenvalue weighted by molar-refractivity contribution is 0.660. The second-order valence-corrected chi connectivity index (χ2v) is 16.5. The fourth-order valence-corrected chi connectivity index (χ4v) is 9.89. The molecule has 1 aliphatic carbocycles. The Bertz CT molecular complexity index is 3480. The summed E-state index contributed by atoms with van der Waals surface area (Å²) in [4.78, 5) is 2.43. The van der Waals surface area contributed by atoms with Crippen molar-refractivity contribution in [2.45, 2.75) is 19.3 Å². The molecule has 11 aromatic rings. The molecule has 1 aliphatic rings. The van der Waals surface area contributed by atoms with Gasteiger partial charge >= 0.3 is 0 Å². The number of fused-ring (bicyclic) bond motifs is 11. The molecule has 59 heavy (non-hydrogen) atoms. The van der Waals surface area contributed by atoms with E-state index in [4.69, 9.17) is 4.42 Å². The summed E-state index contributed by atoms with van der Waals surface area (Å²) >= 11 is 0. The minimum atomic E-state index is -0.138. The molecule has 10 aromatic carbocycles. The molecule has 0 spiro atoms. The number of hydrogen-bond donors (Lipinski definition) is 0. The Labute approximate surface area is 343 Å². The Morgan fingerprint density at radius 3 is 1.80 bits per heavy atom. The molecular formula is C57H39NO. The quantitative estimate of drug-likeness (QED) is 0.163. The Morgan fingerprint density at radius 1 is 0.356 bits per heavy atom. The number of anilines is 3. The summed E-state index contributed by atoms with van der Waals surface area (Å²) in [5.41, 5.74) is 14.9. The van der Waals surface area contributed by atoms with E-state index in [1.165, 1.54) is 60.3 Å². The lowest BCUT2D eigenvalue weighted by Crippen LogP contribution is -2.16. The normalized spacial score (nSPS) is 13.1. The molecule has 0 atom stereocenters. The first-order valence-electron chi connectivity index (χ1n) is 20.5. The van der Waals surface area contributed by atoms with E-state index in [1.807, 2.05) is 0 Å². The molecule has 0 saturated carbocycles. The number of nitrogens with zero attached hydrogens (tertiary/aromatic N) is 1. The topological polar surface area (TPSA) is 16.4 Å². The third kappa shape index (κ3) is 5.13. The second-order valence-electron chi connectivity index (χ2n) is 16.5. The average molecular weight is 754 g/mol. The Kier molecular flexibility index (Phi) is 7.31. The van der Waals surface area contributed by atoms with E-state index in [-0.39, 0.29) is 5.41 Å². The van der Waals surface area contributed by atoms with Crippen molar-refractivity contribution < 1.29 is 4.42 Å². The van der Waals surface area contributed by atoms with Crippen LogP contribution in [0.25, 0.3) is 87.6 Å². The number of hydrogen-bond acceptors (Lipinski definition) is 2. The van der Waals surface area contributed by atoms with Crippen molar-refractivity contribution >= 4 is 71.3 Å². The van der Waals surface area contributed by atoms with Gasteiger partial charge < -0.3 is 9.32 Å². The summed E-state index contributed by atoms with van der Waals surface area (Å²) in [6.07, 6.45) is 0. The molecule has 1 heterocycles. The van der Waals surface area contributed by atoms with Crippen molar-refractivity contribution in [2.75, 3.05) is 4.90 Å². The molecule has 278 valence electrons. The second kappa shape index (κ2) is 12.8. The molecule has 1 aromatic heterocycles. The van der Waals surface area contributed by atoms with Crippen LogP contribution < -0.4 is 4.90 Å². The summed E-state index contributed by atoms with van der Waals surface area (Å²) in [6, 6.07) is 73.2. The largest absolute Gasteiger partial charge is 0.455 e. The summed E-state index contributed by atoms with van der Waals surface area (Å²) in [6.45, 7) is 4.71. The maximum absolute atomic E-state index is 6.92. The van der Waals surface area contributed by atoms with Crippen LogP contribution >= 0.6 is 0 Å². The first-order chi connectivity index (χ1) is 29.0. The van der Waals surface area contributed by atoms with E-state index < -0.39 is 0 Å². The van der Waals surface area contributed by atoms with E-state index in [1.54, 1.807) is 0 Å². The van der Waals surface area contributed by atoms with Crippen LogP contribution in [0.1, 0.15) is 25.0 Å². The predicted octanol–water partition coefficient (Wildman–Crippen LogP) is 16.2. The van der Waals surface area contributed by atoms with Crippen LogP contribution in [-0.2, 0) is 5.41 Å². The average Bonchev–Trinajstić information content (AvgIpc) is 3.79. The molecule has 0 fully saturated rings. The highest BCUT2D eigenvalue weighted by Crippen LogP contribution is 2.52. The van der Waals surface area contributed by atoms with Gasteiger partial charge in [0, 0.05) is 44.1 Å². The molecular weight excluding hydrogens is 715 g/mol.